The minimum absolute atomic E-state index is 0.316. The van der Waals surface area contributed by atoms with Crippen molar-refractivity contribution in [2.45, 2.75) is 6.18 Å². The highest BCUT2D eigenvalue weighted by Crippen LogP contribution is 2.36. The van der Waals surface area contributed by atoms with Crippen LogP contribution in [0.1, 0.15) is 15.9 Å². The van der Waals surface area contributed by atoms with E-state index in [0.717, 1.165) is 18.2 Å². The van der Waals surface area contributed by atoms with Gasteiger partial charge in [0.15, 0.2) is 0 Å². The van der Waals surface area contributed by atoms with Crippen molar-refractivity contribution in [2.24, 2.45) is 0 Å². The van der Waals surface area contributed by atoms with Crippen LogP contribution in [0.2, 0.25) is 0 Å². The molecule has 21 heavy (non-hydrogen) atoms. The Labute approximate surface area is 131 Å². The number of amides is 1. The first-order valence-electron chi connectivity index (χ1n) is 5.71. The molecule has 2 rings (SSSR count). The van der Waals surface area contributed by atoms with Crippen LogP contribution in [0.15, 0.2) is 42.5 Å². The largest absolute Gasteiger partial charge is 0.418 e. The Morgan fingerprint density at radius 1 is 1.10 bits per heavy atom. The normalized spacial score (nSPS) is 11.3. The van der Waals surface area contributed by atoms with Gasteiger partial charge in [-0.2, -0.15) is 13.2 Å². The van der Waals surface area contributed by atoms with Gasteiger partial charge in [0, 0.05) is 3.57 Å². The van der Waals surface area contributed by atoms with Gasteiger partial charge in [-0.05, 0) is 52.9 Å². The summed E-state index contributed by atoms with van der Waals surface area (Å²) in [7, 11) is 0. The van der Waals surface area contributed by atoms with E-state index < -0.39 is 29.2 Å². The number of hydrogen-bond donors (Lipinski definition) is 1. The van der Waals surface area contributed by atoms with Crippen LogP contribution in [0, 0.1) is 9.39 Å². The fourth-order valence-corrected chi connectivity index (χ4v) is 2.19. The number of carbonyl (C=O) groups excluding carboxylic acids is 1. The average molecular weight is 409 g/mol. The Kier molecular flexibility index (Phi) is 4.50. The van der Waals surface area contributed by atoms with E-state index in [1.165, 1.54) is 24.3 Å². The monoisotopic (exact) mass is 409 g/mol. The van der Waals surface area contributed by atoms with E-state index in [9.17, 15) is 22.4 Å². The highest BCUT2D eigenvalue weighted by Gasteiger charge is 2.34. The van der Waals surface area contributed by atoms with Crippen LogP contribution in [0.5, 0.6) is 0 Å². The van der Waals surface area contributed by atoms with Gasteiger partial charge in [-0.15, -0.1) is 0 Å². The Hall–Kier alpha value is -1.64. The number of carbonyl (C=O) groups is 1. The lowest BCUT2D eigenvalue weighted by atomic mass is 10.1. The molecule has 1 amide bonds. The predicted octanol–water partition coefficient (Wildman–Crippen LogP) is 4.70. The first kappa shape index (κ1) is 15.7. The van der Waals surface area contributed by atoms with Crippen molar-refractivity contribution in [1.82, 2.24) is 0 Å². The summed E-state index contributed by atoms with van der Waals surface area (Å²) in [5.74, 6) is -1.73. The lowest BCUT2D eigenvalue weighted by molar-refractivity contribution is -0.137. The molecule has 0 bridgehead atoms. The van der Waals surface area contributed by atoms with Gasteiger partial charge >= 0.3 is 6.18 Å². The van der Waals surface area contributed by atoms with Crippen molar-refractivity contribution in [3.05, 3.63) is 63.0 Å². The number of alkyl halides is 3. The summed E-state index contributed by atoms with van der Waals surface area (Å²) >= 11 is 1.74. The van der Waals surface area contributed by atoms with Crippen LogP contribution < -0.4 is 5.32 Å². The van der Waals surface area contributed by atoms with Gasteiger partial charge in [0.05, 0.1) is 16.8 Å². The summed E-state index contributed by atoms with van der Waals surface area (Å²) in [6.45, 7) is 0. The van der Waals surface area contributed by atoms with E-state index in [4.69, 9.17) is 0 Å². The number of hydrogen-bond acceptors (Lipinski definition) is 1. The zero-order valence-electron chi connectivity index (χ0n) is 10.3. The molecule has 110 valence electrons. The molecule has 0 aromatic heterocycles. The highest BCUT2D eigenvalue weighted by atomic mass is 127. The molecule has 0 aliphatic rings. The molecule has 0 atom stereocenters. The smallest absolute Gasteiger partial charge is 0.321 e. The first-order valence-corrected chi connectivity index (χ1v) is 6.79. The van der Waals surface area contributed by atoms with Gasteiger partial charge in [-0.25, -0.2) is 4.39 Å². The van der Waals surface area contributed by atoms with Crippen LogP contribution in [-0.2, 0) is 6.18 Å². The molecule has 0 aliphatic heterocycles. The Morgan fingerprint density at radius 3 is 2.38 bits per heavy atom. The number of anilines is 1. The Balaban J connectivity index is 2.36. The van der Waals surface area contributed by atoms with Crippen LogP contribution in [0.25, 0.3) is 0 Å². The molecule has 2 nitrogen and oxygen atoms in total. The molecule has 0 heterocycles. The number of halogens is 5. The maximum absolute atomic E-state index is 13.5. The second-order valence-electron chi connectivity index (χ2n) is 4.12. The SMILES string of the molecule is O=C(Nc1ccc(I)cc1C(F)(F)F)c1ccccc1F. The van der Waals surface area contributed by atoms with E-state index in [1.807, 2.05) is 0 Å². The van der Waals surface area contributed by atoms with Crippen molar-refractivity contribution < 1.29 is 22.4 Å². The molecular formula is C14H8F4INO. The minimum atomic E-state index is -4.61. The third kappa shape index (κ3) is 3.72. The van der Waals surface area contributed by atoms with Crippen LogP contribution in [0.4, 0.5) is 23.2 Å². The van der Waals surface area contributed by atoms with Gasteiger partial charge in [0.25, 0.3) is 5.91 Å². The van der Waals surface area contributed by atoms with E-state index >= 15 is 0 Å². The standard InChI is InChI=1S/C14H8F4INO/c15-11-4-2-1-3-9(11)13(21)20-12-6-5-8(19)7-10(12)14(16,17)18/h1-7H,(H,20,21). The van der Waals surface area contributed by atoms with Crippen molar-refractivity contribution in [2.75, 3.05) is 5.32 Å². The molecule has 1 N–H and O–H groups in total. The average Bonchev–Trinajstić information content (AvgIpc) is 2.40. The molecule has 0 radical (unpaired) electrons. The maximum atomic E-state index is 13.5. The summed E-state index contributed by atoms with van der Waals surface area (Å²) in [6, 6.07) is 8.56. The summed E-state index contributed by atoms with van der Waals surface area (Å²) in [4.78, 5) is 11.9. The molecule has 0 aliphatic carbocycles. The fraction of sp³-hybridized carbons (Fsp3) is 0.0714. The zero-order chi connectivity index (χ0) is 15.6. The molecule has 0 saturated carbocycles. The van der Waals surface area contributed by atoms with E-state index in [-0.39, 0.29) is 5.56 Å². The van der Waals surface area contributed by atoms with Gasteiger partial charge < -0.3 is 5.32 Å². The molecule has 2 aromatic rings. The molecule has 0 unspecified atom stereocenters. The maximum Gasteiger partial charge on any atom is 0.418 e. The quantitative estimate of drug-likeness (QED) is 0.566. The van der Waals surface area contributed by atoms with Crippen molar-refractivity contribution in [1.29, 1.82) is 0 Å². The Morgan fingerprint density at radius 2 is 1.76 bits per heavy atom. The minimum Gasteiger partial charge on any atom is -0.321 e. The molecule has 7 heteroatoms. The predicted molar refractivity (Wildman–Crippen MR) is 78.5 cm³/mol. The second-order valence-corrected chi connectivity index (χ2v) is 5.37. The van der Waals surface area contributed by atoms with Gasteiger partial charge in [-0.1, -0.05) is 12.1 Å². The third-order valence-corrected chi connectivity index (χ3v) is 3.32. The van der Waals surface area contributed by atoms with Crippen molar-refractivity contribution in [3.63, 3.8) is 0 Å². The Bertz CT molecular complexity index is 685. The zero-order valence-corrected chi connectivity index (χ0v) is 12.5. The van der Waals surface area contributed by atoms with Gasteiger partial charge in [0.2, 0.25) is 0 Å². The van der Waals surface area contributed by atoms with Crippen molar-refractivity contribution in [3.8, 4) is 0 Å². The molecule has 0 fully saturated rings. The summed E-state index contributed by atoms with van der Waals surface area (Å²) in [6.07, 6.45) is -4.61. The van der Waals surface area contributed by atoms with E-state index in [1.54, 1.807) is 22.6 Å². The molecule has 2 aromatic carbocycles. The molecule has 0 saturated heterocycles. The number of rotatable bonds is 2. The summed E-state index contributed by atoms with van der Waals surface area (Å²) < 4.78 is 52.6. The second kappa shape index (κ2) is 6.00. The third-order valence-electron chi connectivity index (χ3n) is 2.65. The first-order chi connectivity index (χ1) is 9.79. The lowest BCUT2D eigenvalue weighted by Gasteiger charge is -2.14. The number of benzene rings is 2. The molecular weight excluding hydrogens is 401 g/mol. The van der Waals surface area contributed by atoms with E-state index in [0.29, 0.717) is 3.57 Å². The summed E-state index contributed by atoms with van der Waals surface area (Å²) in [5, 5.41) is 2.10. The van der Waals surface area contributed by atoms with Crippen molar-refractivity contribution >= 4 is 34.2 Å². The fourth-order valence-electron chi connectivity index (χ4n) is 1.70. The highest BCUT2D eigenvalue weighted by molar-refractivity contribution is 14.1. The summed E-state index contributed by atoms with van der Waals surface area (Å²) in [5.41, 5.74) is -1.69. The lowest BCUT2D eigenvalue weighted by Crippen LogP contribution is -2.17. The van der Waals surface area contributed by atoms with Crippen LogP contribution in [0.3, 0.4) is 0 Å². The van der Waals surface area contributed by atoms with E-state index in [2.05, 4.69) is 5.32 Å². The number of nitrogens with one attached hydrogen (secondary N) is 1. The molecule has 0 spiro atoms. The van der Waals surface area contributed by atoms with Gasteiger partial charge in [-0.3, -0.25) is 4.79 Å². The van der Waals surface area contributed by atoms with Crippen LogP contribution >= 0.6 is 22.6 Å². The van der Waals surface area contributed by atoms with Crippen LogP contribution in [-0.4, -0.2) is 5.91 Å². The topological polar surface area (TPSA) is 29.1 Å². The van der Waals surface area contributed by atoms with Gasteiger partial charge in [0.1, 0.15) is 5.82 Å².